The molecule has 2 aliphatic rings. The highest BCUT2D eigenvalue weighted by Gasteiger charge is 2.46. The predicted molar refractivity (Wildman–Crippen MR) is 244 cm³/mol. The van der Waals surface area contributed by atoms with E-state index in [1.165, 1.54) is 4.90 Å². The number of likely N-dealkylation sites (tertiary alicyclic amines) is 1. The second kappa shape index (κ2) is 31.3. The normalized spacial score (nSPS) is 21.1. The van der Waals surface area contributed by atoms with Gasteiger partial charge in [-0.1, -0.05) is 39.8 Å². The molecular formula is C46H70N6O17. The second-order valence-electron chi connectivity index (χ2n) is 16.9. The molecule has 0 aromatic heterocycles. The van der Waals surface area contributed by atoms with Gasteiger partial charge in [0.25, 0.3) is 6.45 Å². The third-order valence-electron chi connectivity index (χ3n) is 10.9. The van der Waals surface area contributed by atoms with E-state index in [0.717, 1.165) is 0 Å². The van der Waals surface area contributed by atoms with E-state index in [2.05, 4.69) is 26.0 Å². The Kier molecular flexibility index (Phi) is 25.3. The Bertz CT molecular complexity index is 1960. The Morgan fingerprint density at radius 2 is 1.62 bits per heavy atom. The Morgan fingerprint density at radius 3 is 2.23 bits per heavy atom. The molecule has 0 bridgehead atoms. The SMILES string of the molecule is [2H]C(=O)OCc1ccc(NC(=O)[C@H](CCCNC(N)=O)NC(=O)[C@@H](NC(=O)COCCOCCN2C(=O)CC(C)C2=O)C(C)C)cc1.[2H]CC(=O)CCCC(=O)O[C@@H]1C[C@H](C(=O)CCC)[C@@H](O)[C@H](O)[C@H]1O. The first-order chi connectivity index (χ1) is 33.6. The van der Waals surface area contributed by atoms with Crippen molar-refractivity contribution in [2.45, 2.75) is 135 Å². The Hall–Kier alpha value is -5.88. The number of amides is 7. The molecule has 1 aromatic rings. The van der Waals surface area contributed by atoms with Gasteiger partial charge in [0.05, 0.1) is 32.5 Å². The number of aliphatic hydroxyl groups is 3. The fourth-order valence-corrected chi connectivity index (χ4v) is 7.17. The van der Waals surface area contributed by atoms with Crippen LogP contribution in [-0.2, 0) is 68.7 Å². The maximum absolute atomic E-state index is 13.3. The van der Waals surface area contributed by atoms with Crippen LogP contribution in [0.3, 0.4) is 0 Å². The third kappa shape index (κ3) is 21.5. The lowest BCUT2D eigenvalue weighted by molar-refractivity contribution is -0.188. The number of hydrogen-bond acceptors (Lipinski definition) is 17. The average molecular weight is 981 g/mol. The molecule has 3 rings (SSSR count). The number of imide groups is 1. The van der Waals surface area contributed by atoms with Crippen LogP contribution in [0.1, 0.15) is 101 Å². The minimum Gasteiger partial charge on any atom is -0.463 e. The number of hydrogen-bond donors (Lipinski definition) is 8. The molecule has 386 valence electrons. The summed E-state index contributed by atoms with van der Waals surface area (Å²) < 4.78 is 34.2. The van der Waals surface area contributed by atoms with Crippen molar-refractivity contribution < 1.29 is 85.0 Å². The van der Waals surface area contributed by atoms with Gasteiger partial charge in [-0.3, -0.25) is 43.3 Å². The number of urea groups is 1. The van der Waals surface area contributed by atoms with E-state index in [-0.39, 0.29) is 133 Å². The molecule has 0 spiro atoms. The van der Waals surface area contributed by atoms with Crippen molar-refractivity contribution >= 4 is 65.2 Å². The Labute approximate surface area is 404 Å². The van der Waals surface area contributed by atoms with Crippen LogP contribution in [0.2, 0.25) is 0 Å². The summed E-state index contributed by atoms with van der Waals surface area (Å²) in [5.41, 5.74) is 6.10. The molecule has 1 aliphatic heterocycles. The zero-order chi connectivity index (χ0) is 53.2. The van der Waals surface area contributed by atoms with E-state index in [4.69, 9.17) is 22.7 Å². The summed E-state index contributed by atoms with van der Waals surface area (Å²) in [6, 6.07) is 3.56. The van der Waals surface area contributed by atoms with Crippen LogP contribution in [0.25, 0.3) is 0 Å². The van der Waals surface area contributed by atoms with Gasteiger partial charge < -0.3 is 66.1 Å². The summed E-state index contributed by atoms with van der Waals surface area (Å²) in [5.74, 6) is -4.89. The molecular weight excluding hydrogens is 909 g/mol. The Balaban J connectivity index is 0.000000603. The van der Waals surface area contributed by atoms with Crippen LogP contribution in [0, 0.1) is 17.8 Å². The van der Waals surface area contributed by atoms with Crippen LogP contribution >= 0.6 is 0 Å². The van der Waals surface area contributed by atoms with Gasteiger partial charge in [-0.2, -0.15) is 0 Å². The number of aliphatic hydroxyl groups excluding tert-OH is 3. The zero-order valence-electron chi connectivity index (χ0n) is 41.6. The van der Waals surface area contributed by atoms with Crippen LogP contribution in [0.15, 0.2) is 24.3 Å². The number of Topliss-reactive ketones (excluding diaryl/α,β-unsaturated/α-hetero) is 2. The fraction of sp³-hybridized carbons (Fsp3) is 0.652. The van der Waals surface area contributed by atoms with Gasteiger partial charge >= 0.3 is 12.0 Å². The number of carbonyl (C=O) groups excluding carboxylic acids is 10. The number of nitrogens with two attached hydrogens (primary N) is 1. The highest BCUT2D eigenvalue weighted by atomic mass is 16.6. The summed E-state index contributed by atoms with van der Waals surface area (Å²) in [4.78, 5) is 120. The molecule has 1 unspecified atom stereocenters. The molecule has 2 fully saturated rings. The smallest absolute Gasteiger partial charge is 0.312 e. The molecule has 1 aromatic carbocycles. The van der Waals surface area contributed by atoms with Crippen LogP contribution in [0.4, 0.5) is 10.5 Å². The monoisotopic (exact) mass is 980 g/mol. The van der Waals surface area contributed by atoms with E-state index in [0.29, 0.717) is 24.1 Å². The first-order valence-electron chi connectivity index (χ1n) is 24.0. The maximum atomic E-state index is 13.3. The lowest BCUT2D eigenvalue weighted by atomic mass is 9.77. The quantitative estimate of drug-likeness (QED) is 0.0236. The lowest BCUT2D eigenvalue weighted by Crippen LogP contribution is -2.56. The van der Waals surface area contributed by atoms with Gasteiger partial charge in [-0.15, -0.1) is 0 Å². The number of benzene rings is 1. The number of rotatable bonds is 28. The van der Waals surface area contributed by atoms with Crippen molar-refractivity contribution in [2.24, 2.45) is 23.5 Å². The van der Waals surface area contributed by atoms with E-state index in [9.17, 15) is 63.3 Å². The van der Waals surface area contributed by atoms with Gasteiger partial charge in [0, 0.05) is 51.1 Å². The van der Waals surface area contributed by atoms with Gasteiger partial charge in [0.2, 0.25) is 29.5 Å². The maximum Gasteiger partial charge on any atom is 0.312 e. The van der Waals surface area contributed by atoms with Crippen LogP contribution < -0.4 is 27.0 Å². The number of carbonyl (C=O) groups is 10. The van der Waals surface area contributed by atoms with E-state index >= 15 is 0 Å². The molecule has 8 atom stereocenters. The highest BCUT2D eigenvalue weighted by molar-refractivity contribution is 6.03. The molecule has 23 heteroatoms. The summed E-state index contributed by atoms with van der Waals surface area (Å²) >= 11 is 0. The zero-order valence-corrected chi connectivity index (χ0v) is 39.6. The molecule has 7 amide bonds. The molecule has 1 saturated heterocycles. The highest BCUT2D eigenvalue weighted by Crippen LogP contribution is 2.30. The number of ketones is 2. The number of nitrogens with zero attached hydrogens (tertiary/aromatic N) is 1. The average Bonchev–Trinajstić information content (AvgIpc) is 3.56. The Morgan fingerprint density at radius 1 is 0.928 bits per heavy atom. The number of esters is 1. The molecule has 23 nitrogen and oxygen atoms in total. The van der Waals surface area contributed by atoms with Gasteiger partial charge in [0.1, 0.15) is 55.2 Å². The third-order valence-corrected chi connectivity index (χ3v) is 10.9. The van der Waals surface area contributed by atoms with Crippen molar-refractivity contribution in [2.75, 3.05) is 44.8 Å². The molecule has 1 heterocycles. The summed E-state index contributed by atoms with van der Waals surface area (Å²) in [6.07, 6.45) is -4.96. The van der Waals surface area contributed by atoms with Crippen molar-refractivity contribution in [1.82, 2.24) is 20.9 Å². The van der Waals surface area contributed by atoms with Crippen molar-refractivity contribution in [3.63, 3.8) is 0 Å². The van der Waals surface area contributed by atoms with Gasteiger partial charge in [-0.05, 0) is 62.6 Å². The molecule has 69 heavy (non-hydrogen) atoms. The molecule has 1 saturated carbocycles. The number of primary amides is 1. The second-order valence-corrected chi connectivity index (χ2v) is 16.9. The first kappa shape index (κ1) is 55.7. The topological polar surface area (TPSA) is 346 Å². The van der Waals surface area contributed by atoms with Crippen molar-refractivity contribution in [3.8, 4) is 0 Å². The lowest BCUT2D eigenvalue weighted by Gasteiger charge is -2.39. The van der Waals surface area contributed by atoms with Gasteiger partial charge in [-0.25, -0.2) is 4.79 Å². The molecule has 1 aliphatic carbocycles. The van der Waals surface area contributed by atoms with E-state index in [1.54, 1.807) is 45.0 Å². The predicted octanol–water partition coefficient (Wildman–Crippen LogP) is -0.0703. The largest absolute Gasteiger partial charge is 0.463 e. The minimum absolute atomic E-state index is 0.0460. The van der Waals surface area contributed by atoms with Crippen LogP contribution in [0.5, 0.6) is 0 Å². The van der Waals surface area contributed by atoms with Crippen molar-refractivity contribution in [3.05, 3.63) is 29.8 Å². The van der Waals surface area contributed by atoms with E-state index in [1.807, 2.05) is 6.92 Å². The number of anilines is 1. The van der Waals surface area contributed by atoms with Gasteiger partial charge in [0.15, 0.2) is 1.37 Å². The summed E-state index contributed by atoms with van der Waals surface area (Å²) in [7, 11) is 0. The number of ether oxygens (including phenoxy) is 4. The number of nitrogens with one attached hydrogen (secondary N) is 4. The molecule has 0 radical (unpaired) electrons. The van der Waals surface area contributed by atoms with E-state index < -0.39 is 78.6 Å². The first-order valence-corrected chi connectivity index (χ1v) is 22.8. The summed E-state index contributed by atoms with van der Waals surface area (Å²) in [6.45, 7) is 6.79. The standard InChI is InChI=1S/C30H44N6O10.C16H26O7/c1-19(2)26(35-24(38)17-45-14-13-44-12-11-36-25(39)15-20(3)29(36)42)28(41)34-23(5-4-10-32-30(31)43)27(40)33-22-8-6-21(7-9-22)16-46-18-37;1-3-5-11(18)10-8-12(15(21)16(22)14(10)20)23-13(19)7-4-6-9(2)17/h6-9,18-20,23,26H,4-5,10-17H2,1-3H3,(H,33,40)(H,34,41)(H,35,38)(H3,31,32,43);10,12,14-16,20-22H,3-8H2,1-2H3/t20?,23-,26-;10-,12-,14-,15+,16+/m01/s1/i18D;2D. The van der Waals surface area contributed by atoms with Crippen LogP contribution in [-0.4, -0.2) is 156 Å². The fourth-order valence-electron chi connectivity index (χ4n) is 7.17. The van der Waals surface area contributed by atoms with Crippen molar-refractivity contribution in [1.29, 1.82) is 0 Å². The minimum atomic E-state index is -1.56. The summed E-state index contributed by atoms with van der Waals surface area (Å²) in [5, 5.41) is 40.2. The molecule has 9 N–H and O–H groups in total.